The molecule has 2 saturated heterocycles. The molecule has 4 heterocycles. The second kappa shape index (κ2) is 10.5. The standard InChI is InChI=1S/C30H32N6S/c31-15-21-5-7-26(8-6-21)35-12-10-28-25(18-35)17-34-27-4-2-1-3-24(27)19-36(28)30-14-23(9-11-33-30)29-13-22(16-32)20-37-29/h5-9,11,13-14,20,24-25,27-28,34H,1-4,10,12,17-19H2. The van der Waals surface area contributed by atoms with Gasteiger partial charge in [0.15, 0.2) is 0 Å². The molecule has 3 aromatic rings. The van der Waals surface area contributed by atoms with Gasteiger partial charge in [0.25, 0.3) is 0 Å². The summed E-state index contributed by atoms with van der Waals surface area (Å²) in [6.45, 7) is 4.05. The number of nitrogens with zero attached hydrogens (tertiary/aromatic N) is 5. The fraction of sp³-hybridized carbons (Fsp3) is 0.433. The number of rotatable bonds is 3. The van der Waals surface area contributed by atoms with Crippen LogP contribution in [-0.4, -0.2) is 43.2 Å². The number of nitriles is 2. The van der Waals surface area contributed by atoms with Crippen LogP contribution < -0.4 is 15.1 Å². The Morgan fingerprint density at radius 3 is 2.57 bits per heavy atom. The van der Waals surface area contributed by atoms with E-state index in [1.807, 2.05) is 29.8 Å². The second-order valence-electron chi connectivity index (χ2n) is 10.6. The monoisotopic (exact) mass is 508 g/mol. The number of hydrogen-bond donors (Lipinski definition) is 1. The molecule has 3 aliphatic rings. The molecular weight excluding hydrogens is 476 g/mol. The molecule has 1 N–H and O–H groups in total. The van der Waals surface area contributed by atoms with Crippen LogP contribution in [0.4, 0.5) is 11.5 Å². The zero-order valence-electron chi connectivity index (χ0n) is 21.0. The first kappa shape index (κ1) is 24.0. The van der Waals surface area contributed by atoms with E-state index >= 15 is 0 Å². The van der Waals surface area contributed by atoms with Gasteiger partial charge in [-0.1, -0.05) is 12.8 Å². The highest BCUT2D eigenvalue weighted by Crippen LogP contribution is 2.36. The van der Waals surface area contributed by atoms with E-state index in [1.54, 1.807) is 11.3 Å². The van der Waals surface area contributed by atoms with Crippen LogP contribution in [-0.2, 0) is 0 Å². The molecule has 1 saturated carbocycles. The lowest BCUT2D eigenvalue weighted by Gasteiger charge is -2.50. The van der Waals surface area contributed by atoms with Crippen LogP contribution >= 0.6 is 11.3 Å². The second-order valence-corrected chi connectivity index (χ2v) is 11.6. The largest absolute Gasteiger partial charge is 0.371 e. The molecule has 0 bridgehead atoms. The SMILES string of the molecule is N#Cc1ccc(N2CCC3C(CNC4CCCCC4CN3c3cc(-c4cc(C#N)cs4)ccn3)C2)cc1. The third-order valence-corrected chi connectivity index (χ3v) is 9.47. The van der Waals surface area contributed by atoms with E-state index in [0.29, 0.717) is 29.5 Å². The predicted molar refractivity (Wildman–Crippen MR) is 149 cm³/mol. The van der Waals surface area contributed by atoms with Gasteiger partial charge in [0.2, 0.25) is 0 Å². The van der Waals surface area contributed by atoms with Crippen LogP contribution in [0.15, 0.2) is 54.0 Å². The quantitative estimate of drug-likeness (QED) is 0.509. The number of nitrogens with one attached hydrogen (secondary N) is 1. The number of aromatic nitrogens is 1. The van der Waals surface area contributed by atoms with Gasteiger partial charge >= 0.3 is 0 Å². The summed E-state index contributed by atoms with van der Waals surface area (Å²) >= 11 is 1.63. The Labute approximate surface area is 223 Å². The van der Waals surface area contributed by atoms with Gasteiger partial charge < -0.3 is 15.1 Å². The van der Waals surface area contributed by atoms with Crippen LogP contribution in [0, 0.1) is 34.5 Å². The maximum atomic E-state index is 9.30. The normalized spacial score (nSPS) is 25.7. The lowest BCUT2D eigenvalue weighted by Crippen LogP contribution is -2.60. The van der Waals surface area contributed by atoms with Gasteiger partial charge in [-0.2, -0.15) is 10.5 Å². The van der Waals surface area contributed by atoms with Gasteiger partial charge in [-0.15, -0.1) is 11.3 Å². The number of benzene rings is 1. The number of pyridine rings is 1. The molecule has 0 amide bonds. The third kappa shape index (κ3) is 4.94. The van der Waals surface area contributed by atoms with Crippen molar-refractivity contribution in [2.45, 2.75) is 44.2 Å². The predicted octanol–water partition coefficient (Wildman–Crippen LogP) is 5.42. The topological polar surface area (TPSA) is 79.0 Å². The molecule has 1 aliphatic carbocycles. The summed E-state index contributed by atoms with van der Waals surface area (Å²) in [5.74, 6) is 2.19. The number of piperidine rings is 1. The minimum atomic E-state index is 0.422. The third-order valence-electron chi connectivity index (χ3n) is 8.49. The highest BCUT2D eigenvalue weighted by molar-refractivity contribution is 7.13. The molecule has 0 spiro atoms. The summed E-state index contributed by atoms with van der Waals surface area (Å²) < 4.78 is 0. The first-order chi connectivity index (χ1) is 18.2. The van der Waals surface area contributed by atoms with E-state index in [4.69, 9.17) is 4.98 Å². The molecule has 7 heteroatoms. The minimum Gasteiger partial charge on any atom is -0.371 e. The summed E-state index contributed by atoms with van der Waals surface area (Å²) in [4.78, 5) is 11.2. The Morgan fingerprint density at radius 1 is 0.919 bits per heavy atom. The van der Waals surface area contributed by atoms with Crippen molar-refractivity contribution in [3.63, 3.8) is 0 Å². The Kier molecular flexibility index (Phi) is 6.83. The first-order valence-electron chi connectivity index (χ1n) is 13.4. The average molecular weight is 509 g/mol. The summed E-state index contributed by atoms with van der Waals surface area (Å²) in [5, 5.41) is 24.4. The smallest absolute Gasteiger partial charge is 0.129 e. The van der Waals surface area contributed by atoms with Gasteiger partial charge in [0, 0.05) is 66.3 Å². The van der Waals surface area contributed by atoms with Crippen LogP contribution in [0.3, 0.4) is 0 Å². The van der Waals surface area contributed by atoms with Crippen molar-refractivity contribution in [2.75, 3.05) is 36.0 Å². The van der Waals surface area contributed by atoms with E-state index < -0.39 is 0 Å². The van der Waals surface area contributed by atoms with Gasteiger partial charge in [-0.05, 0) is 73.2 Å². The lowest BCUT2D eigenvalue weighted by molar-refractivity contribution is 0.202. The Morgan fingerprint density at radius 2 is 1.76 bits per heavy atom. The zero-order valence-corrected chi connectivity index (χ0v) is 21.8. The average Bonchev–Trinajstić information content (AvgIpc) is 3.44. The Balaban J connectivity index is 1.31. The van der Waals surface area contributed by atoms with Crippen molar-refractivity contribution in [2.24, 2.45) is 11.8 Å². The lowest BCUT2D eigenvalue weighted by atomic mass is 9.80. The zero-order chi connectivity index (χ0) is 25.2. The molecule has 3 fully saturated rings. The summed E-state index contributed by atoms with van der Waals surface area (Å²) in [7, 11) is 0. The van der Waals surface area contributed by atoms with Gasteiger partial charge in [-0.3, -0.25) is 0 Å². The van der Waals surface area contributed by atoms with Crippen molar-refractivity contribution >= 4 is 22.8 Å². The molecule has 6 rings (SSSR count). The van der Waals surface area contributed by atoms with Crippen LogP contribution in [0.2, 0.25) is 0 Å². The first-order valence-corrected chi connectivity index (χ1v) is 14.3. The van der Waals surface area contributed by atoms with E-state index in [-0.39, 0.29) is 0 Å². The highest BCUT2D eigenvalue weighted by atomic mass is 32.1. The van der Waals surface area contributed by atoms with Crippen molar-refractivity contribution in [1.29, 1.82) is 10.5 Å². The highest BCUT2D eigenvalue weighted by Gasteiger charge is 2.39. The van der Waals surface area contributed by atoms with E-state index in [1.165, 1.54) is 31.4 Å². The van der Waals surface area contributed by atoms with E-state index in [2.05, 4.69) is 51.5 Å². The van der Waals surface area contributed by atoms with Crippen molar-refractivity contribution in [3.8, 4) is 22.6 Å². The van der Waals surface area contributed by atoms with Gasteiger partial charge in [0.1, 0.15) is 11.9 Å². The van der Waals surface area contributed by atoms with E-state index in [9.17, 15) is 10.5 Å². The number of anilines is 2. The van der Waals surface area contributed by atoms with Crippen molar-refractivity contribution < 1.29 is 0 Å². The number of hydrogen-bond acceptors (Lipinski definition) is 7. The van der Waals surface area contributed by atoms with Gasteiger partial charge in [0.05, 0.1) is 17.2 Å². The van der Waals surface area contributed by atoms with E-state index in [0.717, 1.165) is 54.4 Å². The van der Waals surface area contributed by atoms with Crippen LogP contribution in [0.5, 0.6) is 0 Å². The van der Waals surface area contributed by atoms with Crippen LogP contribution in [0.25, 0.3) is 10.4 Å². The summed E-state index contributed by atoms with van der Waals surface area (Å²) in [6.07, 6.45) is 8.18. The summed E-state index contributed by atoms with van der Waals surface area (Å²) in [5.41, 5.74) is 3.77. The van der Waals surface area contributed by atoms with Crippen molar-refractivity contribution in [3.05, 3.63) is 65.2 Å². The number of fused-ring (bicyclic) bond motifs is 2. The fourth-order valence-electron chi connectivity index (χ4n) is 6.54. The minimum absolute atomic E-state index is 0.422. The molecule has 0 radical (unpaired) electrons. The molecule has 1 aromatic carbocycles. The molecule has 4 unspecified atom stereocenters. The molecular formula is C30H32N6S. The molecule has 4 atom stereocenters. The van der Waals surface area contributed by atoms with Crippen molar-refractivity contribution in [1.82, 2.24) is 10.3 Å². The Bertz CT molecular complexity index is 1320. The number of thiophene rings is 1. The molecule has 6 nitrogen and oxygen atoms in total. The van der Waals surface area contributed by atoms with Gasteiger partial charge in [-0.25, -0.2) is 4.98 Å². The molecule has 37 heavy (non-hydrogen) atoms. The Hall–Kier alpha value is -3.39. The molecule has 188 valence electrons. The molecule has 2 aliphatic heterocycles. The molecule has 2 aromatic heterocycles. The maximum absolute atomic E-state index is 9.30. The summed E-state index contributed by atoms with van der Waals surface area (Å²) in [6, 6.07) is 19.8. The maximum Gasteiger partial charge on any atom is 0.129 e. The van der Waals surface area contributed by atoms with Crippen LogP contribution in [0.1, 0.15) is 43.2 Å². The fourth-order valence-corrected chi connectivity index (χ4v) is 7.37.